The molecule has 1 aliphatic rings. The highest BCUT2D eigenvalue weighted by Gasteiger charge is 2.35. The lowest BCUT2D eigenvalue weighted by molar-refractivity contribution is -0.0761. The molecule has 1 aliphatic heterocycles. The van der Waals surface area contributed by atoms with Crippen molar-refractivity contribution >= 4 is 0 Å². The molecule has 2 nitrogen and oxygen atoms in total. The highest BCUT2D eigenvalue weighted by molar-refractivity contribution is 4.92. The van der Waals surface area contributed by atoms with Gasteiger partial charge in [-0.05, 0) is 25.3 Å². The molecule has 0 aliphatic carbocycles. The molecule has 0 aromatic rings. The number of nitrogens with one attached hydrogen (secondary N) is 1. The van der Waals surface area contributed by atoms with Crippen molar-refractivity contribution in [3.63, 3.8) is 0 Å². The van der Waals surface area contributed by atoms with E-state index in [4.69, 9.17) is 4.74 Å². The van der Waals surface area contributed by atoms with Crippen LogP contribution in [-0.2, 0) is 4.74 Å². The Morgan fingerprint density at radius 2 is 2.08 bits per heavy atom. The van der Waals surface area contributed by atoms with Crippen LogP contribution in [0.4, 0.5) is 0 Å². The summed E-state index contributed by atoms with van der Waals surface area (Å²) in [6.07, 6.45) is 2.45. The zero-order chi connectivity index (χ0) is 9.03. The molecule has 72 valence electrons. The quantitative estimate of drug-likeness (QED) is 0.681. The van der Waals surface area contributed by atoms with E-state index in [0.29, 0.717) is 5.54 Å². The van der Waals surface area contributed by atoms with Crippen LogP contribution in [0, 0.1) is 5.92 Å². The maximum Gasteiger partial charge on any atom is 0.0671 e. The second-order valence-corrected chi connectivity index (χ2v) is 4.24. The van der Waals surface area contributed by atoms with Crippen molar-refractivity contribution in [3.05, 3.63) is 0 Å². The Bertz CT molecular complexity index is 124. The molecular weight excluding hydrogens is 150 g/mol. The molecule has 1 heterocycles. The maximum absolute atomic E-state index is 5.22. The van der Waals surface area contributed by atoms with Gasteiger partial charge in [0.1, 0.15) is 0 Å². The van der Waals surface area contributed by atoms with Gasteiger partial charge < -0.3 is 10.1 Å². The molecule has 0 atom stereocenters. The van der Waals surface area contributed by atoms with Crippen LogP contribution in [0.25, 0.3) is 0 Å². The Morgan fingerprint density at radius 1 is 1.42 bits per heavy atom. The smallest absolute Gasteiger partial charge is 0.0671 e. The molecule has 12 heavy (non-hydrogen) atoms. The predicted molar refractivity (Wildman–Crippen MR) is 51.3 cm³/mol. The molecule has 1 rings (SSSR count). The monoisotopic (exact) mass is 171 g/mol. The van der Waals surface area contributed by atoms with E-state index in [2.05, 4.69) is 26.1 Å². The highest BCUT2D eigenvalue weighted by Crippen LogP contribution is 2.20. The summed E-state index contributed by atoms with van der Waals surface area (Å²) in [7, 11) is 0. The van der Waals surface area contributed by atoms with Gasteiger partial charge in [-0.2, -0.15) is 0 Å². The van der Waals surface area contributed by atoms with E-state index in [1.165, 1.54) is 12.8 Å². The molecule has 0 unspecified atom stereocenters. The first kappa shape index (κ1) is 10.0. The van der Waals surface area contributed by atoms with Crippen LogP contribution in [0.3, 0.4) is 0 Å². The summed E-state index contributed by atoms with van der Waals surface area (Å²) in [5.41, 5.74) is 0.328. The van der Waals surface area contributed by atoms with E-state index in [0.717, 1.165) is 25.7 Å². The molecule has 2 heteroatoms. The van der Waals surface area contributed by atoms with Gasteiger partial charge in [-0.15, -0.1) is 0 Å². The Labute approximate surface area is 75.7 Å². The van der Waals surface area contributed by atoms with Crippen LogP contribution in [0.2, 0.25) is 0 Å². The summed E-state index contributed by atoms with van der Waals surface area (Å²) in [4.78, 5) is 0. The van der Waals surface area contributed by atoms with Gasteiger partial charge in [0, 0.05) is 0 Å². The fourth-order valence-electron chi connectivity index (χ4n) is 1.41. The fourth-order valence-corrected chi connectivity index (χ4v) is 1.41. The average Bonchev–Trinajstić information content (AvgIpc) is 1.94. The van der Waals surface area contributed by atoms with Crippen molar-refractivity contribution < 1.29 is 4.74 Å². The number of hydrogen-bond donors (Lipinski definition) is 1. The summed E-state index contributed by atoms with van der Waals surface area (Å²) < 4.78 is 5.22. The van der Waals surface area contributed by atoms with Crippen molar-refractivity contribution in [2.75, 3.05) is 19.8 Å². The highest BCUT2D eigenvalue weighted by atomic mass is 16.5. The Balaban J connectivity index is 2.12. The van der Waals surface area contributed by atoms with Crippen LogP contribution < -0.4 is 5.32 Å². The second-order valence-electron chi connectivity index (χ2n) is 4.24. The average molecular weight is 171 g/mol. The number of rotatable bonds is 5. The van der Waals surface area contributed by atoms with E-state index in [1.807, 2.05) is 0 Å². The Hall–Kier alpha value is -0.0800. The summed E-state index contributed by atoms with van der Waals surface area (Å²) in [5.74, 6) is 0.799. The van der Waals surface area contributed by atoms with Gasteiger partial charge in [-0.1, -0.05) is 20.8 Å². The largest absolute Gasteiger partial charge is 0.377 e. The first-order valence-corrected chi connectivity index (χ1v) is 5.01. The van der Waals surface area contributed by atoms with E-state index < -0.39 is 0 Å². The fraction of sp³-hybridized carbons (Fsp3) is 1.00. The lowest BCUT2D eigenvalue weighted by Gasteiger charge is -2.41. The Kier molecular flexibility index (Phi) is 3.53. The molecule has 0 aromatic carbocycles. The first-order valence-electron chi connectivity index (χ1n) is 5.01. The van der Waals surface area contributed by atoms with Crippen LogP contribution in [0.1, 0.15) is 33.6 Å². The lowest BCUT2D eigenvalue weighted by Crippen LogP contribution is -2.60. The van der Waals surface area contributed by atoms with Crippen molar-refractivity contribution in [1.29, 1.82) is 0 Å². The molecule has 1 fully saturated rings. The molecule has 1 saturated heterocycles. The SMILES string of the molecule is CCC1(NCCC(C)C)COC1. The van der Waals surface area contributed by atoms with Crippen LogP contribution in [0.15, 0.2) is 0 Å². The molecule has 0 bridgehead atoms. The molecule has 0 spiro atoms. The lowest BCUT2D eigenvalue weighted by atomic mass is 9.93. The van der Waals surface area contributed by atoms with Gasteiger partial charge in [-0.25, -0.2) is 0 Å². The van der Waals surface area contributed by atoms with Gasteiger partial charge in [0.15, 0.2) is 0 Å². The topological polar surface area (TPSA) is 21.3 Å². The van der Waals surface area contributed by atoms with Gasteiger partial charge in [0.05, 0.1) is 18.8 Å². The molecule has 1 N–H and O–H groups in total. The van der Waals surface area contributed by atoms with Gasteiger partial charge in [-0.3, -0.25) is 0 Å². The van der Waals surface area contributed by atoms with Crippen molar-refractivity contribution in [3.8, 4) is 0 Å². The summed E-state index contributed by atoms with van der Waals surface area (Å²) in [6, 6.07) is 0. The number of hydrogen-bond acceptors (Lipinski definition) is 2. The normalized spacial score (nSPS) is 21.0. The van der Waals surface area contributed by atoms with E-state index in [9.17, 15) is 0 Å². The van der Waals surface area contributed by atoms with Gasteiger partial charge in [0.25, 0.3) is 0 Å². The molecule has 0 saturated carbocycles. The molecular formula is C10H21NO. The minimum atomic E-state index is 0.328. The molecule has 0 aromatic heterocycles. The number of ether oxygens (including phenoxy) is 1. The van der Waals surface area contributed by atoms with E-state index in [1.54, 1.807) is 0 Å². The standard InChI is InChI=1S/C10H21NO/c1-4-10(7-12-8-10)11-6-5-9(2)3/h9,11H,4-8H2,1-3H3. The maximum atomic E-state index is 5.22. The third kappa shape index (κ3) is 2.46. The van der Waals surface area contributed by atoms with Gasteiger partial charge >= 0.3 is 0 Å². The Morgan fingerprint density at radius 3 is 2.42 bits per heavy atom. The third-order valence-corrected chi connectivity index (χ3v) is 2.66. The van der Waals surface area contributed by atoms with Crippen LogP contribution in [0.5, 0.6) is 0 Å². The zero-order valence-electron chi connectivity index (χ0n) is 8.52. The zero-order valence-corrected chi connectivity index (χ0v) is 8.52. The van der Waals surface area contributed by atoms with Gasteiger partial charge in [0.2, 0.25) is 0 Å². The minimum absolute atomic E-state index is 0.328. The van der Waals surface area contributed by atoms with E-state index in [-0.39, 0.29) is 0 Å². The van der Waals surface area contributed by atoms with Crippen molar-refractivity contribution in [2.45, 2.75) is 39.2 Å². The minimum Gasteiger partial charge on any atom is -0.377 e. The summed E-state index contributed by atoms with van der Waals surface area (Å²) in [6.45, 7) is 9.69. The van der Waals surface area contributed by atoms with Crippen LogP contribution >= 0.6 is 0 Å². The van der Waals surface area contributed by atoms with E-state index >= 15 is 0 Å². The molecule has 0 radical (unpaired) electrons. The summed E-state index contributed by atoms with van der Waals surface area (Å²) in [5, 5.41) is 3.59. The van der Waals surface area contributed by atoms with Crippen molar-refractivity contribution in [1.82, 2.24) is 5.32 Å². The predicted octanol–water partition coefficient (Wildman–Crippen LogP) is 1.80. The van der Waals surface area contributed by atoms with Crippen molar-refractivity contribution in [2.24, 2.45) is 5.92 Å². The second kappa shape index (κ2) is 4.24. The molecule has 0 amide bonds. The first-order chi connectivity index (χ1) is 5.68. The third-order valence-electron chi connectivity index (χ3n) is 2.66. The van der Waals surface area contributed by atoms with Crippen LogP contribution in [-0.4, -0.2) is 25.3 Å². The summed E-state index contributed by atoms with van der Waals surface area (Å²) >= 11 is 0.